The number of pyridine rings is 1. The van der Waals surface area contributed by atoms with E-state index in [0.29, 0.717) is 16.4 Å². The molecule has 0 bridgehead atoms. The van der Waals surface area contributed by atoms with Crippen molar-refractivity contribution in [2.24, 2.45) is 11.8 Å². The lowest BCUT2D eigenvalue weighted by Crippen LogP contribution is -2.38. The van der Waals surface area contributed by atoms with E-state index in [1.165, 1.54) is 39.8 Å². The molecule has 9 nitrogen and oxygen atoms in total. The molecule has 4 rings (SSSR count). The molecule has 2 heterocycles. The van der Waals surface area contributed by atoms with E-state index in [4.69, 9.17) is 16.3 Å². The third-order valence-electron chi connectivity index (χ3n) is 5.98. The first kappa shape index (κ1) is 25.9. The minimum absolute atomic E-state index is 0.0422. The number of carbonyl (C=O) groups is 3. The second-order valence-corrected chi connectivity index (χ2v) is 8.79. The number of nitrogens with one attached hydrogen (secondary N) is 1. The monoisotopic (exact) mass is 526 g/mol. The van der Waals surface area contributed by atoms with Gasteiger partial charge in [-0.3, -0.25) is 19.0 Å². The molecule has 0 radical (unpaired) electrons. The Balaban J connectivity index is 1.54. The first-order valence-electron chi connectivity index (χ1n) is 11.5. The van der Waals surface area contributed by atoms with Gasteiger partial charge in [-0.15, -0.1) is 5.12 Å². The minimum atomic E-state index is -1.15. The lowest BCUT2D eigenvalue weighted by atomic mass is 9.94. The Morgan fingerprint density at radius 2 is 1.70 bits per heavy atom. The number of ether oxygens (including phenoxy) is 1. The highest BCUT2D eigenvalue weighted by atomic mass is 35.5. The van der Waals surface area contributed by atoms with Crippen LogP contribution in [0.3, 0.4) is 0 Å². The summed E-state index contributed by atoms with van der Waals surface area (Å²) in [4.78, 5) is 51.9. The molecule has 0 spiro atoms. The molecule has 0 unspecified atom stereocenters. The quantitative estimate of drug-likeness (QED) is 0.488. The molecule has 1 N–H and O–H groups in total. The number of rotatable bonds is 6. The third-order valence-corrected chi connectivity index (χ3v) is 6.23. The SMILES string of the molecule is CCOC(=O)N1C[C@H](C(=O)Nc2ccc(Cl)cc2)[C@@H](C(=O)N(F)c2ccc(-n3ccccc3=O)cc2)C1. The van der Waals surface area contributed by atoms with E-state index in [1.54, 1.807) is 49.5 Å². The molecule has 1 aliphatic heterocycles. The van der Waals surface area contributed by atoms with Gasteiger partial charge in [0.15, 0.2) is 0 Å². The van der Waals surface area contributed by atoms with E-state index in [2.05, 4.69) is 5.32 Å². The van der Waals surface area contributed by atoms with Crippen LogP contribution >= 0.6 is 11.6 Å². The molecule has 1 aliphatic rings. The normalized spacial score (nSPS) is 16.8. The molecule has 3 amide bonds. The van der Waals surface area contributed by atoms with Gasteiger partial charge in [0.25, 0.3) is 11.5 Å². The Labute approximate surface area is 216 Å². The fraction of sp³-hybridized carbons (Fsp3) is 0.231. The molecular weight excluding hydrogens is 503 g/mol. The van der Waals surface area contributed by atoms with E-state index in [9.17, 15) is 19.2 Å². The number of likely N-dealkylation sites (tertiary alicyclic amines) is 1. The van der Waals surface area contributed by atoms with Crippen molar-refractivity contribution in [1.29, 1.82) is 0 Å². The molecule has 0 saturated carbocycles. The second kappa shape index (κ2) is 11.3. The summed E-state index contributed by atoms with van der Waals surface area (Å²) in [6, 6.07) is 16.8. The number of hydrogen-bond acceptors (Lipinski definition) is 5. The van der Waals surface area contributed by atoms with E-state index in [1.807, 2.05) is 0 Å². The molecule has 11 heteroatoms. The number of amides is 3. The lowest BCUT2D eigenvalue weighted by Gasteiger charge is -2.21. The van der Waals surface area contributed by atoms with Gasteiger partial charge in [0.2, 0.25) is 5.91 Å². The predicted octanol–water partition coefficient (Wildman–Crippen LogP) is 4.05. The molecule has 0 aliphatic carbocycles. The predicted molar refractivity (Wildman–Crippen MR) is 136 cm³/mol. The number of nitrogens with zero attached hydrogens (tertiary/aromatic N) is 3. The molecule has 37 heavy (non-hydrogen) atoms. The van der Waals surface area contributed by atoms with E-state index >= 15 is 4.48 Å². The molecule has 1 saturated heterocycles. The standard InChI is InChI=1S/C26H24ClFN4O5/c1-2-37-26(36)30-15-21(24(34)29-18-8-6-17(27)7-9-18)22(16-30)25(35)32(28)20-12-10-19(11-13-20)31-14-4-3-5-23(31)33/h3-14,21-22H,2,15-16H2,1H3,(H,29,34)/t21-,22-/m0/s1. The zero-order chi connectivity index (χ0) is 26.5. The Morgan fingerprint density at radius 1 is 1.03 bits per heavy atom. The lowest BCUT2D eigenvalue weighted by molar-refractivity contribution is -0.130. The first-order valence-corrected chi connectivity index (χ1v) is 11.9. The number of benzene rings is 2. The number of hydrogen-bond donors (Lipinski definition) is 1. The summed E-state index contributed by atoms with van der Waals surface area (Å²) >= 11 is 5.89. The summed E-state index contributed by atoms with van der Waals surface area (Å²) in [5.74, 6) is -3.70. The highest BCUT2D eigenvalue weighted by Crippen LogP contribution is 2.30. The highest BCUT2D eigenvalue weighted by molar-refractivity contribution is 6.30. The van der Waals surface area contributed by atoms with Gasteiger partial charge < -0.3 is 15.0 Å². The van der Waals surface area contributed by atoms with E-state index in [-0.39, 0.29) is 36.1 Å². The van der Waals surface area contributed by atoms with Crippen LogP contribution in [0.1, 0.15) is 6.92 Å². The van der Waals surface area contributed by atoms with Gasteiger partial charge in [0.05, 0.1) is 24.1 Å². The minimum Gasteiger partial charge on any atom is -0.450 e. The van der Waals surface area contributed by atoms with Crippen LogP contribution in [0.4, 0.5) is 20.7 Å². The fourth-order valence-corrected chi connectivity index (χ4v) is 4.24. The van der Waals surface area contributed by atoms with Crippen molar-refractivity contribution >= 4 is 40.9 Å². The molecule has 2 aromatic carbocycles. The zero-order valence-electron chi connectivity index (χ0n) is 19.8. The summed E-state index contributed by atoms with van der Waals surface area (Å²) in [5.41, 5.74) is 0.593. The van der Waals surface area contributed by atoms with Crippen molar-refractivity contribution in [3.8, 4) is 5.69 Å². The average Bonchev–Trinajstić information content (AvgIpc) is 3.36. The van der Waals surface area contributed by atoms with Crippen LogP contribution in [-0.2, 0) is 14.3 Å². The van der Waals surface area contributed by atoms with Crippen LogP contribution in [-0.4, -0.2) is 47.1 Å². The molecule has 192 valence electrons. The van der Waals surface area contributed by atoms with Gasteiger partial charge in [-0.1, -0.05) is 22.1 Å². The van der Waals surface area contributed by atoms with Gasteiger partial charge in [-0.25, -0.2) is 4.79 Å². The van der Waals surface area contributed by atoms with Crippen molar-refractivity contribution in [2.75, 3.05) is 30.1 Å². The maximum atomic E-state index is 15.3. The smallest absolute Gasteiger partial charge is 0.409 e. The van der Waals surface area contributed by atoms with Gasteiger partial charge in [-0.05, 0) is 61.5 Å². The summed E-state index contributed by atoms with van der Waals surface area (Å²) in [6.45, 7) is 1.45. The second-order valence-electron chi connectivity index (χ2n) is 8.36. The van der Waals surface area contributed by atoms with Crippen LogP contribution in [0.15, 0.2) is 77.7 Å². The van der Waals surface area contributed by atoms with Crippen molar-refractivity contribution in [1.82, 2.24) is 9.47 Å². The van der Waals surface area contributed by atoms with Crippen LogP contribution in [0.2, 0.25) is 5.02 Å². The summed E-state index contributed by atoms with van der Waals surface area (Å²) < 4.78 is 21.7. The molecule has 3 aromatic rings. The third kappa shape index (κ3) is 5.80. The van der Waals surface area contributed by atoms with Crippen LogP contribution in [0, 0.1) is 11.8 Å². The van der Waals surface area contributed by atoms with E-state index < -0.39 is 29.7 Å². The summed E-state index contributed by atoms with van der Waals surface area (Å²) in [5, 5.41) is 3.14. The van der Waals surface area contributed by atoms with Crippen LogP contribution in [0.5, 0.6) is 0 Å². The first-order chi connectivity index (χ1) is 17.8. The fourth-order valence-electron chi connectivity index (χ4n) is 4.11. The van der Waals surface area contributed by atoms with Crippen molar-refractivity contribution in [2.45, 2.75) is 6.92 Å². The Bertz CT molecular complexity index is 1350. The summed E-state index contributed by atoms with van der Waals surface area (Å²) in [6.07, 6.45) is 0.882. The zero-order valence-corrected chi connectivity index (χ0v) is 20.6. The molecule has 2 atom stereocenters. The Kier molecular flexibility index (Phi) is 7.88. The molecule has 1 fully saturated rings. The van der Waals surface area contributed by atoms with E-state index in [0.717, 1.165) is 0 Å². The number of aromatic nitrogens is 1. The Hall–Kier alpha value is -4.18. The van der Waals surface area contributed by atoms with Crippen LogP contribution in [0.25, 0.3) is 5.69 Å². The maximum Gasteiger partial charge on any atom is 0.409 e. The number of anilines is 2. The van der Waals surface area contributed by atoms with Gasteiger partial charge >= 0.3 is 6.09 Å². The number of halogens is 2. The van der Waals surface area contributed by atoms with Gasteiger partial charge in [-0.2, -0.15) is 0 Å². The van der Waals surface area contributed by atoms with Gasteiger partial charge in [0.1, 0.15) is 0 Å². The maximum absolute atomic E-state index is 15.3. The Morgan fingerprint density at radius 3 is 2.35 bits per heavy atom. The molecule has 1 aromatic heterocycles. The van der Waals surface area contributed by atoms with Gasteiger partial charge in [0, 0.05) is 41.8 Å². The topological polar surface area (TPSA) is 101 Å². The average molecular weight is 527 g/mol. The van der Waals surface area contributed by atoms with Crippen molar-refractivity contribution in [3.05, 3.63) is 88.3 Å². The highest BCUT2D eigenvalue weighted by Gasteiger charge is 2.46. The summed E-state index contributed by atoms with van der Waals surface area (Å²) in [7, 11) is 0. The molecular formula is C26H24ClFN4O5. The van der Waals surface area contributed by atoms with Crippen LogP contribution < -0.4 is 16.0 Å². The van der Waals surface area contributed by atoms with Crippen molar-refractivity contribution in [3.63, 3.8) is 0 Å². The number of carbonyl (C=O) groups excluding carboxylic acids is 3. The largest absolute Gasteiger partial charge is 0.450 e. The van der Waals surface area contributed by atoms with Crippen molar-refractivity contribution < 1.29 is 23.6 Å².